The molecule has 108 valence electrons. The summed E-state index contributed by atoms with van der Waals surface area (Å²) in [5, 5.41) is 0. The van der Waals surface area contributed by atoms with Crippen LogP contribution >= 0.6 is 0 Å². The molecule has 1 aromatic carbocycles. The minimum Gasteiger partial charge on any atom is -0.482 e. The number of benzene rings is 1. The van der Waals surface area contributed by atoms with Crippen LogP contribution in [0.1, 0.15) is 24.2 Å². The molecule has 1 aromatic rings. The maximum atomic E-state index is 11.7. The second kappa shape index (κ2) is 5.44. The number of rotatable bonds is 3. The number of hydrogen-bond acceptors (Lipinski definition) is 4. The molecule has 0 saturated carbocycles. The van der Waals surface area contributed by atoms with E-state index in [1.807, 2.05) is 12.1 Å². The van der Waals surface area contributed by atoms with Gasteiger partial charge >= 0.3 is 0 Å². The van der Waals surface area contributed by atoms with E-state index in [9.17, 15) is 4.79 Å². The van der Waals surface area contributed by atoms with E-state index < -0.39 is 0 Å². The Labute approximate surface area is 120 Å². The summed E-state index contributed by atoms with van der Waals surface area (Å²) < 4.78 is 5.58. The molecule has 0 atom stereocenters. The molecule has 0 bridgehead atoms. The Bertz CT molecular complexity index is 505. The molecule has 4 heteroatoms. The highest BCUT2D eigenvalue weighted by atomic mass is 16.5. The number of Topliss-reactive ketones (excluding diaryl/α,β-unsaturated/α-hetero) is 1. The molecule has 0 spiro atoms. The van der Waals surface area contributed by atoms with Gasteiger partial charge in [-0.3, -0.25) is 9.69 Å². The van der Waals surface area contributed by atoms with E-state index >= 15 is 0 Å². The number of nitrogens with zero attached hydrogens (tertiary/aromatic N) is 2. The zero-order valence-corrected chi connectivity index (χ0v) is 12.3. The standard InChI is InChI=1S/C16H22N2O2/c1-12(2)10-17-6-8-18(9-7-17)14-5-3-4-13-15(19)11-20-16(13)14/h3-5,12H,6-11H2,1-2H3. The number of carbonyl (C=O) groups is 1. The van der Waals surface area contributed by atoms with Crippen molar-refractivity contribution in [3.63, 3.8) is 0 Å². The fourth-order valence-electron chi connectivity index (χ4n) is 3.05. The van der Waals surface area contributed by atoms with Crippen LogP contribution in [0, 0.1) is 5.92 Å². The number of ketones is 1. The number of piperazine rings is 1. The molecule has 4 nitrogen and oxygen atoms in total. The highest BCUT2D eigenvalue weighted by molar-refractivity contribution is 6.04. The predicted molar refractivity (Wildman–Crippen MR) is 79.8 cm³/mol. The van der Waals surface area contributed by atoms with Crippen LogP contribution in [0.25, 0.3) is 0 Å². The van der Waals surface area contributed by atoms with Gasteiger partial charge in [-0.1, -0.05) is 19.9 Å². The van der Waals surface area contributed by atoms with Gasteiger partial charge in [0.15, 0.2) is 12.4 Å². The largest absolute Gasteiger partial charge is 0.482 e. The van der Waals surface area contributed by atoms with Crippen LogP contribution in [0.2, 0.25) is 0 Å². The third-order valence-corrected chi connectivity index (χ3v) is 3.98. The van der Waals surface area contributed by atoms with Gasteiger partial charge in [-0.2, -0.15) is 0 Å². The summed E-state index contributed by atoms with van der Waals surface area (Å²) in [4.78, 5) is 16.6. The van der Waals surface area contributed by atoms with E-state index in [1.165, 1.54) is 0 Å². The topological polar surface area (TPSA) is 32.8 Å². The normalized spacial score (nSPS) is 19.4. The Morgan fingerprint density at radius 2 is 1.95 bits per heavy atom. The molecule has 0 aliphatic carbocycles. The number of fused-ring (bicyclic) bond motifs is 1. The summed E-state index contributed by atoms with van der Waals surface area (Å²) >= 11 is 0. The molecule has 2 aliphatic heterocycles. The molecule has 0 radical (unpaired) electrons. The molecule has 0 N–H and O–H groups in total. The lowest BCUT2D eigenvalue weighted by Crippen LogP contribution is -2.47. The lowest BCUT2D eigenvalue weighted by atomic mass is 10.1. The zero-order valence-electron chi connectivity index (χ0n) is 12.3. The van der Waals surface area contributed by atoms with E-state index in [0.29, 0.717) is 5.92 Å². The molecule has 3 rings (SSSR count). The van der Waals surface area contributed by atoms with Gasteiger partial charge in [0.25, 0.3) is 0 Å². The average Bonchev–Trinajstić information content (AvgIpc) is 2.81. The summed E-state index contributed by atoms with van der Waals surface area (Å²) in [5.74, 6) is 1.60. The van der Waals surface area contributed by atoms with E-state index in [0.717, 1.165) is 49.7 Å². The lowest BCUT2D eigenvalue weighted by molar-refractivity contribution is 0.0961. The van der Waals surface area contributed by atoms with Crippen LogP contribution in [-0.4, -0.2) is 50.0 Å². The van der Waals surface area contributed by atoms with Gasteiger partial charge in [0.2, 0.25) is 5.78 Å². The van der Waals surface area contributed by atoms with Gasteiger partial charge in [0.1, 0.15) is 0 Å². The molecule has 1 fully saturated rings. The molecule has 1 saturated heterocycles. The highest BCUT2D eigenvalue weighted by Crippen LogP contribution is 2.36. The third kappa shape index (κ3) is 2.52. The SMILES string of the molecule is CC(C)CN1CCN(c2cccc3c2OCC3=O)CC1. The van der Waals surface area contributed by atoms with E-state index in [4.69, 9.17) is 4.74 Å². The van der Waals surface area contributed by atoms with Crippen molar-refractivity contribution in [2.24, 2.45) is 5.92 Å². The first kappa shape index (κ1) is 13.4. The van der Waals surface area contributed by atoms with Crippen LogP contribution in [0.5, 0.6) is 5.75 Å². The summed E-state index contributed by atoms with van der Waals surface area (Å²) in [6.07, 6.45) is 0. The minimum atomic E-state index is 0.0975. The van der Waals surface area contributed by atoms with Crippen molar-refractivity contribution in [2.75, 3.05) is 44.2 Å². The smallest absolute Gasteiger partial charge is 0.204 e. The van der Waals surface area contributed by atoms with Crippen LogP contribution in [0.4, 0.5) is 5.69 Å². The highest BCUT2D eigenvalue weighted by Gasteiger charge is 2.27. The molecular formula is C16H22N2O2. The monoisotopic (exact) mass is 274 g/mol. The first-order valence-electron chi connectivity index (χ1n) is 7.41. The molecule has 2 aliphatic rings. The quantitative estimate of drug-likeness (QED) is 0.844. The fraction of sp³-hybridized carbons (Fsp3) is 0.562. The maximum Gasteiger partial charge on any atom is 0.204 e. The molecule has 0 aromatic heterocycles. The first-order valence-corrected chi connectivity index (χ1v) is 7.41. The Morgan fingerprint density at radius 3 is 2.65 bits per heavy atom. The maximum absolute atomic E-state index is 11.7. The van der Waals surface area contributed by atoms with Crippen molar-refractivity contribution in [3.05, 3.63) is 23.8 Å². The molecule has 0 unspecified atom stereocenters. The van der Waals surface area contributed by atoms with E-state index in [2.05, 4.69) is 29.7 Å². The zero-order chi connectivity index (χ0) is 14.1. The number of ether oxygens (including phenoxy) is 1. The van der Waals surface area contributed by atoms with Crippen molar-refractivity contribution < 1.29 is 9.53 Å². The summed E-state index contributed by atoms with van der Waals surface area (Å²) in [7, 11) is 0. The van der Waals surface area contributed by atoms with Crippen LogP contribution in [0.3, 0.4) is 0 Å². The van der Waals surface area contributed by atoms with Gasteiger partial charge in [0.05, 0.1) is 11.3 Å². The van der Waals surface area contributed by atoms with E-state index in [1.54, 1.807) is 0 Å². The van der Waals surface area contributed by atoms with Crippen molar-refractivity contribution in [1.82, 2.24) is 4.90 Å². The Balaban J connectivity index is 1.72. The van der Waals surface area contributed by atoms with Crippen LogP contribution in [0.15, 0.2) is 18.2 Å². The minimum absolute atomic E-state index is 0.0975. The Kier molecular flexibility index (Phi) is 3.66. The van der Waals surface area contributed by atoms with Crippen molar-refractivity contribution in [2.45, 2.75) is 13.8 Å². The van der Waals surface area contributed by atoms with Crippen molar-refractivity contribution in [1.29, 1.82) is 0 Å². The van der Waals surface area contributed by atoms with Gasteiger partial charge in [0, 0.05) is 32.7 Å². The van der Waals surface area contributed by atoms with Gasteiger partial charge in [-0.25, -0.2) is 0 Å². The molecular weight excluding hydrogens is 252 g/mol. The predicted octanol–water partition coefficient (Wildman–Crippen LogP) is 2.04. The van der Waals surface area contributed by atoms with Gasteiger partial charge < -0.3 is 9.64 Å². The fourth-order valence-corrected chi connectivity index (χ4v) is 3.05. The van der Waals surface area contributed by atoms with Crippen LogP contribution in [-0.2, 0) is 0 Å². The number of carbonyl (C=O) groups excluding carboxylic acids is 1. The lowest BCUT2D eigenvalue weighted by Gasteiger charge is -2.37. The van der Waals surface area contributed by atoms with Crippen molar-refractivity contribution >= 4 is 11.5 Å². The van der Waals surface area contributed by atoms with Gasteiger partial charge in [-0.15, -0.1) is 0 Å². The van der Waals surface area contributed by atoms with E-state index in [-0.39, 0.29) is 12.4 Å². The van der Waals surface area contributed by atoms with Gasteiger partial charge in [-0.05, 0) is 18.1 Å². The third-order valence-electron chi connectivity index (χ3n) is 3.98. The number of hydrogen-bond donors (Lipinski definition) is 0. The first-order chi connectivity index (χ1) is 9.65. The molecule has 20 heavy (non-hydrogen) atoms. The van der Waals surface area contributed by atoms with Crippen molar-refractivity contribution in [3.8, 4) is 5.75 Å². The summed E-state index contributed by atoms with van der Waals surface area (Å²) in [6.45, 7) is 10.0. The average molecular weight is 274 g/mol. The summed E-state index contributed by atoms with van der Waals surface area (Å²) in [6, 6.07) is 5.89. The van der Waals surface area contributed by atoms with Crippen LogP contribution < -0.4 is 9.64 Å². The second-order valence-corrected chi connectivity index (χ2v) is 6.05. The summed E-state index contributed by atoms with van der Waals surface area (Å²) in [5.41, 5.74) is 1.82. The number of para-hydroxylation sites is 1. The Hall–Kier alpha value is -1.55. The second-order valence-electron chi connectivity index (χ2n) is 6.05. The Morgan fingerprint density at radius 1 is 1.20 bits per heavy atom. The molecule has 2 heterocycles. The number of anilines is 1. The molecule has 0 amide bonds.